The highest BCUT2D eigenvalue weighted by atomic mass is 32.2. The summed E-state index contributed by atoms with van der Waals surface area (Å²) >= 11 is 1.26. The van der Waals surface area contributed by atoms with Gasteiger partial charge in [-0.15, -0.1) is 0 Å². The number of carboxylic acid groups (broad SMARTS) is 1. The molecular formula is C17H30N2O4S. The average molecular weight is 359 g/mol. The lowest BCUT2D eigenvalue weighted by Gasteiger charge is -2.28. The first-order valence-corrected chi connectivity index (χ1v) is 9.80. The molecule has 0 spiro atoms. The Labute approximate surface area is 148 Å². The number of carboxylic acids is 1. The van der Waals surface area contributed by atoms with Gasteiger partial charge in [-0.05, 0) is 25.7 Å². The molecule has 0 saturated heterocycles. The summed E-state index contributed by atoms with van der Waals surface area (Å²) in [6.07, 6.45) is 7.98. The number of rotatable bonds is 9. The summed E-state index contributed by atoms with van der Waals surface area (Å²) in [6, 6.07) is -1.23. The Kier molecular flexibility index (Phi) is 9.83. The van der Waals surface area contributed by atoms with Gasteiger partial charge in [-0.25, -0.2) is 4.79 Å². The Balaban J connectivity index is 2.48. The number of thioether (sulfide) groups is 1. The highest BCUT2D eigenvalue weighted by molar-refractivity contribution is 8.13. The molecule has 1 fully saturated rings. The van der Waals surface area contributed by atoms with Crippen LogP contribution in [0.15, 0.2) is 0 Å². The van der Waals surface area contributed by atoms with Crippen molar-refractivity contribution in [1.82, 2.24) is 10.2 Å². The maximum atomic E-state index is 12.3. The minimum Gasteiger partial charge on any atom is -0.480 e. The molecule has 0 radical (unpaired) electrons. The van der Waals surface area contributed by atoms with Crippen LogP contribution in [0.1, 0.15) is 58.8 Å². The summed E-state index contributed by atoms with van der Waals surface area (Å²) in [5.74, 6) is 0.303. The Morgan fingerprint density at radius 1 is 1.21 bits per heavy atom. The minimum absolute atomic E-state index is 0.0766. The fraction of sp³-hybridized carbons (Fsp3) is 0.824. The van der Waals surface area contributed by atoms with Crippen molar-refractivity contribution in [3.63, 3.8) is 0 Å². The van der Waals surface area contributed by atoms with E-state index < -0.39 is 12.0 Å². The zero-order valence-corrected chi connectivity index (χ0v) is 15.6. The zero-order chi connectivity index (χ0) is 17.9. The molecule has 7 heteroatoms. The first-order valence-electron chi connectivity index (χ1n) is 8.81. The standard InChI is InChI=1S/C17H30N2O4S/c1-13(16(21)22)18-17(23)19(10-6-12-24-14(2)20)11-9-15-7-4-3-5-8-15/h13,15H,3-12H2,1-2H3,(H,18,23)(H,21,22). The molecule has 1 saturated carbocycles. The molecule has 1 atom stereocenters. The number of aliphatic carboxylic acids is 1. The van der Waals surface area contributed by atoms with Gasteiger partial charge >= 0.3 is 12.0 Å². The summed E-state index contributed by atoms with van der Waals surface area (Å²) < 4.78 is 0. The molecular weight excluding hydrogens is 328 g/mol. The molecule has 1 unspecified atom stereocenters. The van der Waals surface area contributed by atoms with E-state index >= 15 is 0 Å². The number of nitrogens with zero attached hydrogens (tertiary/aromatic N) is 1. The predicted molar refractivity (Wildman–Crippen MR) is 96.2 cm³/mol. The number of carbonyl (C=O) groups excluding carboxylic acids is 2. The van der Waals surface area contributed by atoms with Gasteiger partial charge < -0.3 is 15.3 Å². The van der Waals surface area contributed by atoms with E-state index in [4.69, 9.17) is 5.11 Å². The third kappa shape index (κ3) is 8.57. The number of amides is 2. The number of nitrogens with one attached hydrogen (secondary N) is 1. The SMILES string of the molecule is CC(=O)SCCCN(CCC1CCCCC1)C(=O)NC(C)C(=O)O. The van der Waals surface area contributed by atoms with Crippen LogP contribution in [-0.2, 0) is 9.59 Å². The minimum atomic E-state index is -1.04. The van der Waals surface area contributed by atoms with E-state index in [1.165, 1.54) is 57.7 Å². The maximum Gasteiger partial charge on any atom is 0.325 e. The molecule has 0 aromatic heterocycles. The molecule has 2 amide bonds. The van der Waals surface area contributed by atoms with Crippen LogP contribution < -0.4 is 5.32 Å². The van der Waals surface area contributed by atoms with Gasteiger partial charge in [0, 0.05) is 25.8 Å². The molecule has 0 heterocycles. The Hall–Kier alpha value is -1.24. The largest absolute Gasteiger partial charge is 0.480 e. The number of urea groups is 1. The van der Waals surface area contributed by atoms with Crippen LogP contribution in [0, 0.1) is 5.92 Å². The van der Waals surface area contributed by atoms with Crippen molar-refractivity contribution in [2.75, 3.05) is 18.8 Å². The van der Waals surface area contributed by atoms with Crippen LogP contribution in [0.25, 0.3) is 0 Å². The molecule has 6 nitrogen and oxygen atoms in total. The van der Waals surface area contributed by atoms with E-state index in [9.17, 15) is 14.4 Å². The Morgan fingerprint density at radius 2 is 1.88 bits per heavy atom. The van der Waals surface area contributed by atoms with Crippen molar-refractivity contribution in [2.45, 2.75) is 64.8 Å². The first kappa shape index (κ1) is 20.8. The molecule has 2 N–H and O–H groups in total. The molecule has 24 heavy (non-hydrogen) atoms. The van der Waals surface area contributed by atoms with Crippen LogP contribution in [-0.4, -0.2) is 52.0 Å². The van der Waals surface area contributed by atoms with E-state index in [-0.39, 0.29) is 11.1 Å². The lowest BCUT2D eigenvalue weighted by molar-refractivity contribution is -0.138. The van der Waals surface area contributed by atoms with Crippen molar-refractivity contribution in [3.05, 3.63) is 0 Å². The van der Waals surface area contributed by atoms with Crippen molar-refractivity contribution in [2.24, 2.45) is 5.92 Å². The molecule has 1 aliphatic carbocycles. The Bertz CT molecular complexity index is 425. The molecule has 0 aliphatic heterocycles. The molecule has 0 aromatic carbocycles. The van der Waals surface area contributed by atoms with Gasteiger partial charge in [0.25, 0.3) is 0 Å². The van der Waals surface area contributed by atoms with Gasteiger partial charge in [0.15, 0.2) is 5.12 Å². The van der Waals surface area contributed by atoms with Crippen molar-refractivity contribution in [1.29, 1.82) is 0 Å². The number of hydrogen-bond donors (Lipinski definition) is 2. The average Bonchev–Trinajstić information content (AvgIpc) is 2.54. The first-order chi connectivity index (χ1) is 11.4. The maximum absolute atomic E-state index is 12.3. The van der Waals surface area contributed by atoms with Crippen LogP contribution in [0.5, 0.6) is 0 Å². The monoisotopic (exact) mass is 358 g/mol. The van der Waals surface area contributed by atoms with Gasteiger partial charge in [0.05, 0.1) is 0 Å². The van der Waals surface area contributed by atoms with Crippen LogP contribution in [0.4, 0.5) is 4.79 Å². The quantitative estimate of drug-likeness (QED) is 0.619. The molecule has 1 aliphatic rings. The smallest absolute Gasteiger partial charge is 0.325 e. The zero-order valence-electron chi connectivity index (χ0n) is 14.8. The highest BCUT2D eigenvalue weighted by Crippen LogP contribution is 2.26. The summed E-state index contributed by atoms with van der Waals surface area (Å²) in [5.41, 5.74) is 0. The van der Waals surface area contributed by atoms with Gasteiger partial charge in [0.2, 0.25) is 0 Å². The second-order valence-electron chi connectivity index (χ2n) is 6.48. The van der Waals surface area contributed by atoms with Crippen LogP contribution in [0.2, 0.25) is 0 Å². The summed E-state index contributed by atoms with van der Waals surface area (Å²) in [6.45, 7) is 4.19. The van der Waals surface area contributed by atoms with Crippen LogP contribution in [0.3, 0.4) is 0 Å². The molecule has 138 valence electrons. The van der Waals surface area contributed by atoms with Crippen LogP contribution >= 0.6 is 11.8 Å². The van der Waals surface area contributed by atoms with E-state index in [2.05, 4.69) is 5.32 Å². The Morgan fingerprint density at radius 3 is 2.46 bits per heavy atom. The second kappa shape index (κ2) is 11.3. The van der Waals surface area contributed by atoms with Crippen molar-refractivity contribution < 1.29 is 19.5 Å². The molecule has 0 bridgehead atoms. The van der Waals surface area contributed by atoms with E-state index in [0.29, 0.717) is 24.8 Å². The topological polar surface area (TPSA) is 86.7 Å². The van der Waals surface area contributed by atoms with E-state index in [1.54, 1.807) is 4.90 Å². The lowest BCUT2D eigenvalue weighted by Crippen LogP contribution is -2.47. The predicted octanol–water partition coefficient (Wildman–Crippen LogP) is 3.11. The van der Waals surface area contributed by atoms with Gasteiger partial charge in [-0.2, -0.15) is 0 Å². The highest BCUT2D eigenvalue weighted by Gasteiger charge is 2.21. The fourth-order valence-corrected chi connectivity index (χ4v) is 3.50. The number of carbonyl (C=O) groups is 3. The van der Waals surface area contributed by atoms with Crippen molar-refractivity contribution >= 4 is 28.9 Å². The summed E-state index contributed by atoms with van der Waals surface area (Å²) in [7, 11) is 0. The van der Waals surface area contributed by atoms with E-state index in [0.717, 1.165) is 12.8 Å². The molecule has 1 rings (SSSR count). The van der Waals surface area contributed by atoms with Gasteiger partial charge in [-0.1, -0.05) is 43.9 Å². The van der Waals surface area contributed by atoms with Gasteiger partial charge in [0.1, 0.15) is 6.04 Å². The van der Waals surface area contributed by atoms with Gasteiger partial charge in [-0.3, -0.25) is 9.59 Å². The summed E-state index contributed by atoms with van der Waals surface area (Å²) in [4.78, 5) is 35.9. The molecule has 0 aromatic rings. The lowest BCUT2D eigenvalue weighted by atomic mass is 9.87. The summed E-state index contributed by atoms with van der Waals surface area (Å²) in [5, 5.41) is 11.6. The third-order valence-electron chi connectivity index (χ3n) is 4.41. The second-order valence-corrected chi connectivity index (χ2v) is 7.75. The van der Waals surface area contributed by atoms with Crippen molar-refractivity contribution in [3.8, 4) is 0 Å². The third-order valence-corrected chi connectivity index (χ3v) is 5.31. The number of hydrogen-bond acceptors (Lipinski definition) is 4. The van der Waals surface area contributed by atoms with E-state index in [1.807, 2.05) is 0 Å². The normalized spacial score (nSPS) is 16.4. The fourth-order valence-electron chi connectivity index (χ4n) is 2.94.